The van der Waals surface area contributed by atoms with E-state index in [-0.39, 0.29) is 6.10 Å². The predicted octanol–water partition coefficient (Wildman–Crippen LogP) is 1.90. The summed E-state index contributed by atoms with van der Waals surface area (Å²) >= 11 is 0. The molecule has 0 fully saturated rings. The SMILES string of the molecule is COC(C)C(C)(O)Cc1nn(C)c2ccccc12. The van der Waals surface area contributed by atoms with Gasteiger partial charge in [0.1, 0.15) is 0 Å². The normalized spacial score (nSPS) is 16.7. The Morgan fingerprint density at radius 3 is 2.78 bits per heavy atom. The van der Waals surface area contributed by atoms with Crippen LogP contribution in [0.15, 0.2) is 24.3 Å². The minimum Gasteiger partial charge on any atom is -0.387 e. The molecule has 1 aromatic heterocycles. The maximum absolute atomic E-state index is 10.4. The zero-order chi connectivity index (χ0) is 13.3. The van der Waals surface area contributed by atoms with Crippen molar-refractivity contribution >= 4 is 10.9 Å². The van der Waals surface area contributed by atoms with Gasteiger partial charge >= 0.3 is 0 Å². The number of aryl methyl sites for hydroxylation is 1. The van der Waals surface area contributed by atoms with Crippen molar-refractivity contribution in [1.82, 2.24) is 9.78 Å². The quantitative estimate of drug-likeness (QED) is 0.899. The Hall–Kier alpha value is -1.39. The van der Waals surface area contributed by atoms with E-state index >= 15 is 0 Å². The third-order valence-electron chi connectivity index (χ3n) is 3.59. The lowest BCUT2D eigenvalue weighted by Crippen LogP contribution is -2.40. The Kier molecular flexibility index (Phi) is 3.41. The molecule has 1 N–H and O–H groups in total. The summed E-state index contributed by atoms with van der Waals surface area (Å²) in [6.45, 7) is 3.65. The summed E-state index contributed by atoms with van der Waals surface area (Å²) in [5.41, 5.74) is 1.06. The van der Waals surface area contributed by atoms with E-state index < -0.39 is 5.60 Å². The lowest BCUT2D eigenvalue weighted by atomic mass is 9.93. The minimum atomic E-state index is -0.925. The number of fused-ring (bicyclic) bond motifs is 1. The third-order valence-corrected chi connectivity index (χ3v) is 3.59. The van der Waals surface area contributed by atoms with Gasteiger partial charge in [-0.3, -0.25) is 4.68 Å². The summed E-state index contributed by atoms with van der Waals surface area (Å²) in [5.74, 6) is 0. The maximum Gasteiger partial charge on any atom is 0.0933 e. The second-order valence-electron chi connectivity index (χ2n) is 5.00. The van der Waals surface area contributed by atoms with Crippen molar-refractivity contribution < 1.29 is 9.84 Å². The number of nitrogens with zero attached hydrogens (tertiary/aromatic N) is 2. The topological polar surface area (TPSA) is 47.3 Å². The van der Waals surface area contributed by atoms with Crippen LogP contribution in [-0.2, 0) is 18.2 Å². The molecule has 1 aromatic carbocycles. The Bertz CT molecular complexity index is 546. The lowest BCUT2D eigenvalue weighted by molar-refractivity contribution is -0.0719. The molecule has 2 atom stereocenters. The fourth-order valence-electron chi connectivity index (χ4n) is 2.16. The number of para-hydroxylation sites is 1. The number of rotatable bonds is 4. The average molecular weight is 248 g/mol. The molecule has 98 valence electrons. The smallest absolute Gasteiger partial charge is 0.0933 e. The van der Waals surface area contributed by atoms with Crippen LogP contribution in [0.1, 0.15) is 19.5 Å². The number of aliphatic hydroxyl groups is 1. The van der Waals surface area contributed by atoms with Crippen molar-refractivity contribution in [2.45, 2.75) is 32.0 Å². The molecule has 0 radical (unpaired) electrons. The molecular weight excluding hydrogens is 228 g/mol. The van der Waals surface area contributed by atoms with Crippen molar-refractivity contribution in [1.29, 1.82) is 0 Å². The highest BCUT2D eigenvalue weighted by Gasteiger charge is 2.30. The Morgan fingerprint density at radius 1 is 1.44 bits per heavy atom. The van der Waals surface area contributed by atoms with Gasteiger partial charge in [-0.15, -0.1) is 0 Å². The number of hydrogen-bond acceptors (Lipinski definition) is 3. The highest BCUT2D eigenvalue weighted by molar-refractivity contribution is 5.81. The van der Waals surface area contributed by atoms with E-state index in [1.807, 2.05) is 42.9 Å². The molecular formula is C14H20N2O2. The van der Waals surface area contributed by atoms with Crippen LogP contribution in [0.4, 0.5) is 0 Å². The fraction of sp³-hybridized carbons (Fsp3) is 0.500. The summed E-state index contributed by atoms with van der Waals surface area (Å²) < 4.78 is 7.07. The first-order valence-electron chi connectivity index (χ1n) is 6.11. The molecule has 0 saturated heterocycles. The van der Waals surface area contributed by atoms with Crippen LogP contribution in [0.25, 0.3) is 10.9 Å². The van der Waals surface area contributed by atoms with Crippen LogP contribution < -0.4 is 0 Å². The Labute approximate surface area is 107 Å². The van der Waals surface area contributed by atoms with Crippen molar-refractivity contribution in [2.24, 2.45) is 7.05 Å². The first kappa shape index (κ1) is 13.1. The van der Waals surface area contributed by atoms with Crippen molar-refractivity contribution in [3.05, 3.63) is 30.0 Å². The van der Waals surface area contributed by atoms with E-state index in [1.54, 1.807) is 14.0 Å². The molecule has 0 saturated carbocycles. The molecule has 2 aromatic rings. The van der Waals surface area contributed by atoms with Gasteiger partial charge < -0.3 is 9.84 Å². The van der Waals surface area contributed by atoms with Crippen LogP contribution >= 0.6 is 0 Å². The molecule has 1 heterocycles. The molecule has 0 bridgehead atoms. The third kappa shape index (κ3) is 2.26. The average Bonchev–Trinajstić information content (AvgIpc) is 2.65. The fourth-order valence-corrected chi connectivity index (χ4v) is 2.16. The number of ether oxygens (including phenoxy) is 1. The monoisotopic (exact) mass is 248 g/mol. The van der Waals surface area contributed by atoms with Crippen molar-refractivity contribution in [2.75, 3.05) is 7.11 Å². The van der Waals surface area contributed by atoms with Crippen molar-refractivity contribution in [3.8, 4) is 0 Å². The highest BCUT2D eigenvalue weighted by atomic mass is 16.5. The van der Waals surface area contributed by atoms with Gasteiger partial charge in [0, 0.05) is 26.0 Å². The summed E-state index contributed by atoms with van der Waals surface area (Å²) in [6, 6.07) is 8.04. The second kappa shape index (κ2) is 4.71. The summed E-state index contributed by atoms with van der Waals surface area (Å²) in [4.78, 5) is 0. The number of hydrogen-bond donors (Lipinski definition) is 1. The molecule has 0 aliphatic carbocycles. The van der Waals surface area contributed by atoms with Crippen molar-refractivity contribution in [3.63, 3.8) is 0 Å². The summed E-state index contributed by atoms with van der Waals surface area (Å²) in [5, 5.41) is 16.0. The molecule has 4 heteroatoms. The summed E-state index contributed by atoms with van der Waals surface area (Å²) in [7, 11) is 3.52. The van der Waals surface area contributed by atoms with Gasteiger partial charge in [-0.25, -0.2) is 0 Å². The van der Waals surface area contributed by atoms with Crippen LogP contribution in [0.3, 0.4) is 0 Å². The van der Waals surface area contributed by atoms with Gasteiger partial charge in [-0.1, -0.05) is 18.2 Å². The first-order chi connectivity index (χ1) is 8.45. The van der Waals surface area contributed by atoms with E-state index in [2.05, 4.69) is 5.10 Å². The van der Waals surface area contributed by atoms with Gasteiger partial charge in [0.2, 0.25) is 0 Å². The Morgan fingerprint density at radius 2 is 2.11 bits per heavy atom. The van der Waals surface area contributed by atoms with Gasteiger partial charge in [-0.05, 0) is 19.9 Å². The van der Waals surface area contributed by atoms with E-state index in [1.165, 1.54) is 0 Å². The standard InChI is InChI=1S/C14H20N2O2/c1-10(18-4)14(2,17)9-12-11-7-5-6-8-13(11)16(3)15-12/h5-8,10,17H,9H2,1-4H3. The number of aromatic nitrogens is 2. The van der Waals surface area contributed by atoms with Gasteiger partial charge in [0.25, 0.3) is 0 Å². The molecule has 2 unspecified atom stereocenters. The second-order valence-corrected chi connectivity index (χ2v) is 5.00. The Balaban J connectivity index is 2.38. The number of benzene rings is 1. The minimum absolute atomic E-state index is 0.238. The molecule has 0 aliphatic rings. The van der Waals surface area contributed by atoms with Crippen LogP contribution in [0, 0.1) is 0 Å². The largest absolute Gasteiger partial charge is 0.387 e. The van der Waals surface area contributed by atoms with E-state index in [0.29, 0.717) is 6.42 Å². The molecule has 2 rings (SSSR count). The number of methoxy groups -OCH3 is 1. The highest BCUT2D eigenvalue weighted by Crippen LogP contribution is 2.24. The van der Waals surface area contributed by atoms with E-state index in [4.69, 9.17) is 4.74 Å². The molecule has 0 amide bonds. The van der Waals surface area contributed by atoms with E-state index in [0.717, 1.165) is 16.6 Å². The zero-order valence-corrected chi connectivity index (χ0v) is 11.3. The van der Waals surface area contributed by atoms with Gasteiger partial charge in [-0.2, -0.15) is 5.10 Å². The molecule has 0 spiro atoms. The lowest BCUT2D eigenvalue weighted by Gasteiger charge is -2.28. The van der Waals surface area contributed by atoms with Crippen LogP contribution in [0.5, 0.6) is 0 Å². The molecule has 4 nitrogen and oxygen atoms in total. The molecule has 18 heavy (non-hydrogen) atoms. The summed E-state index contributed by atoms with van der Waals surface area (Å²) in [6.07, 6.45) is 0.238. The zero-order valence-electron chi connectivity index (χ0n) is 11.3. The van der Waals surface area contributed by atoms with E-state index in [9.17, 15) is 5.11 Å². The van der Waals surface area contributed by atoms with Crippen LogP contribution in [0.2, 0.25) is 0 Å². The van der Waals surface area contributed by atoms with Crippen LogP contribution in [-0.4, -0.2) is 33.7 Å². The first-order valence-corrected chi connectivity index (χ1v) is 6.11. The van der Waals surface area contributed by atoms with Gasteiger partial charge in [0.05, 0.1) is 22.9 Å². The molecule has 0 aliphatic heterocycles. The maximum atomic E-state index is 10.4. The predicted molar refractivity (Wildman–Crippen MR) is 71.5 cm³/mol. The van der Waals surface area contributed by atoms with Gasteiger partial charge in [0.15, 0.2) is 0 Å².